The molecule has 116 valence electrons. The van der Waals surface area contributed by atoms with Crippen molar-refractivity contribution in [2.75, 3.05) is 4.90 Å². The van der Waals surface area contributed by atoms with Crippen molar-refractivity contribution in [1.29, 1.82) is 0 Å². The number of benzene rings is 1. The molecule has 1 aromatic carbocycles. The lowest BCUT2D eigenvalue weighted by Gasteiger charge is -2.17. The molecule has 1 aliphatic heterocycles. The molecule has 2 amide bonds. The number of rotatable bonds is 1. The Morgan fingerprint density at radius 1 is 1.17 bits per heavy atom. The Hall–Kier alpha value is -2.20. The predicted molar refractivity (Wildman–Crippen MR) is 89.1 cm³/mol. The Morgan fingerprint density at radius 2 is 1.96 bits per heavy atom. The van der Waals surface area contributed by atoms with Gasteiger partial charge in [-0.1, -0.05) is 29.8 Å². The number of imide groups is 1. The van der Waals surface area contributed by atoms with Gasteiger partial charge in [-0.3, -0.25) is 14.6 Å². The van der Waals surface area contributed by atoms with Crippen LogP contribution in [0.2, 0.25) is 0 Å². The van der Waals surface area contributed by atoms with E-state index in [4.69, 9.17) is 11.6 Å². The molecule has 4 rings (SSSR count). The maximum atomic E-state index is 12.8. The molecule has 0 radical (unpaired) electrons. The molecular weight excluding hydrogens is 312 g/mol. The Labute approximate surface area is 138 Å². The summed E-state index contributed by atoms with van der Waals surface area (Å²) in [7, 11) is 0. The molecule has 23 heavy (non-hydrogen) atoms. The minimum atomic E-state index is -0.347. The van der Waals surface area contributed by atoms with E-state index in [2.05, 4.69) is 4.98 Å². The highest BCUT2D eigenvalue weighted by Gasteiger charge is 2.49. The van der Waals surface area contributed by atoms with Crippen LogP contribution in [0.1, 0.15) is 18.4 Å². The fourth-order valence-corrected chi connectivity index (χ4v) is 3.80. The standard InChI is InChI=1S/C18H15ClN2O2/c1-10-7-8-20-16-12(10)3-2-4-15(16)21-17(22)13-6-5-11(19)9-14(13)18(21)23/h2-5,7-8,13-14H,6,9H2,1H3/t13-,14+/m0/s1. The van der Waals surface area contributed by atoms with E-state index < -0.39 is 0 Å². The highest BCUT2D eigenvalue weighted by atomic mass is 35.5. The normalized spacial score (nSPS) is 24.1. The van der Waals surface area contributed by atoms with Crippen molar-refractivity contribution >= 4 is 40.0 Å². The second-order valence-corrected chi connectivity index (χ2v) is 6.60. The topological polar surface area (TPSA) is 50.3 Å². The number of carbonyl (C=O) groups is 2. The first-order valence-electron chi connectivity index (χ1n) is 7.64. The van der Waals surface area contributed by atoms with Gasteiger partial charge in [0.25, 0.3) is 0 Å². The van der Waals surface area contributed by atoms with Gasteiger partial charge in [0.1, 0.15) is 0 Å². The SMILES string of the molecule is Cc1ccnc2c(N3C(=O)[C@H]4CC=C(Cl)C[C@H]4C3=O)cccc12. The first-order valence-corrected chi connectivity index (χ1v) is 8.02. The fraction of sp³-hybridized carbons (Fsp3) is 0.278. The lowest BCUT2D eigenvalue weighted by atomic mass is 9.85. The Kier molecular flexibility index (Phi) is 3.23. The molecule has 2 atom stereocenters. The van der Waals surface area contributed by atoms with Gasteiger partial charge < -0.3 is 0 Å². The van der Waals surface area contributed by atoms with Gasteiger partial charge in [-0.05, 0) is 37.5 Å². The third-order valence-corrected chi connectivity index (χ3v) is 5.09. The maximum absolute atomic E-state index is 12.8. The highest BCUT2D eigenvalue weighted by molar-refractivity contribution is 6.31. The Bertz CT molecular complexity index is 874. The highest BCUT2D eigenvalue weighted by Crippen LogP contribution is 2.42. The van der Waals surface area contributed by atoms with E-state index in [1.54, 1.807) is 12.3 Å². The number of fused-ring (bicyclic) bond motifs is 2. The molecule has 1 aliphatic carbocycles. The lowest BCUT2D eigenvalue weighted by Crippen LogP contribution is -2.31. The van der Waals surface area contributed by atoms with Gasteiger partial charge in [0.05, 0.1) is 23.0 Å². The molecule has 2 aromatic rings. The molecule has 1 aromatic heterocycles. The van der Waals surface area contributed by atoms with E-state index in [1.807, 2.05) is 31.2 Å². The first-order chi connectivity index (χ1) is 11.1. The second kappa shape index (κ2) is 5.17. The van der Waals surface area contributed by atoms with Crippen LogP contribution in [-0.2, 0) is 9.59 Å². The van der Waals surface area contributed by atoms with Gasteiger partial charge in [-0.15, -0.1) is 0 Å². The van der Waals surface area contributed by atoms with Crippen LogP contribution in [0.5, 0.6) is 0 Å². The summed E-state index contributed by atoms with van der Waals surface area (Å²) in [4.78, 5) is 31.3. The number of allylic oxidation sites excluding steroid dienone is 2. The van der Waals surface area contributed by atoms with Crippen molar-refractivity contribution in [2.45, 2.75) is 19.8 Å². The van der Waals surface area contributed by atoms with Crippen molar-refractivity contribution in [3.63, 3.8) is 0 Å². The van der Waals surface area contributed by atoms with E-state index in [-0.39, 0.29) is 23.7 Å². The third-order valence-electron chi connectivity index (χ3n) is 4.78. The maximum Gasteiger partial charge on any atom is 0.238 e. The van der Waals surface area contributed by atoms with Gasteiger partial charge in [-0.2, -0.15) is 0 Å². The molecule has 0 bridgehead atoms. The van der Waals surface area contributed by atoms with Gasteiger partial charge >= 0.3 is 0 Å². The number of halogens is 1. The summed E-state index contributed by atoms with van der Waals surface area (Å²) in [5.74, 6) is -0.955. The molecule has 0 spiro atoms. The van der Waals surface area contributed by atoms with Crippen LogP contribution in [-0.4, -0.2) is 16.8 Å². The Balaban J connectivity index is 1.85. The quantitative estimate of drug-likeness (QED) is 0.753. The van der Waals surface area contributed by atoms with Gasteiger partial charge in [0.2, 0.25) is 11.8 Å². The minimum Gasteiger partial charge on any atom is -0.274 e. The number of hydrogen-bond donors (Lipinski definition) is 0. The number of aromatic nitrogens is 1. The van der Waals surface area contributed by atoms with E-state index in [9.17, 15) is 9.59 Å². The minimum absolute atomic E-state index is 0.142. The monoisotopic (exact) mass is 326 g/mol. The van der Waals surface area contributed by atoms with Crippen molar-refractivity contribution in [3.8, 4) is 0 Å². The fourth-order valence-electron chi connectivity index (χ4n) is 3.54. The second-order valence-electron chi connectivity index (χ2n) is 6.12. The van der Waals surface area contributed by atoms with E-state index in [0.717, 1.165) is 10.9 Å². The molecule has 2 heterocycles. The summed E-state index contributed by atoms with van der Waals surface area (Å²) in [5, 5.41) is 1.62. The van der Waals surface area contributed by atoms with Crippen LogP contribution < -0.4 is 4.90 Å². The molecule has 2 aliphatic rings. The summed E-state index contributed by atoms with van der Waals surface area (Å²) in [6.45, 7) is 1.99. The van der Waals surface area contributed by atoms with Crippen LogP contribution in [0.3, 0.4) is 0 Å². The number of para-hydroxylation sites is 1. The van der Waals surface area contributed by atoms with Crippen LogP contribution in [0.25, 0.3) is 10.9 Å². The zero-order valence-electron chi connectivity index (χ0n) is 12.6. The zero-order chi connectivity index (χ0) is 16.1. The summed E-state index contributed by atoms with van der Waals surface area (Å²) < 4.78 is 0. The number of nitrogens with zero attached hydrogens (tertiary/aromatic N) is 2. The van der Waals surface area contributed by atoms with E-state index in [0.29, 0.717) is 29.1 Å². The molecular formula is C18H15ClN2O2. The van der Waals surface area contributed by atoms with Crippen molar-refractivity contribution < 1.29 is 9.59 Å². The van der Waals surface area contributed by atoms with Crippen molar-refractivity contribution in [2.24, 2.45) is 11.8 Å². The molecule has 0 unspecified atom stereocenters. The van der Waals surface area contributed by atoms with Crippen LogP contribution >= 0.6 is 11.6 Å². The molecule has 5 heteroatoms. The van der Waals surface area contributed by atoms with Crippen LogP contribution in [0, 0.1) is 18.8 Å². The molecule has 1 fully saturated rings. The molecule has 0 saturated carbocycles. The van der Waals surface area contributed by atoms with Crippen molar-refractivity contribution in [1.82, 2.24) is 4.98 Å². The number of pyridine rings is 1. The van der Waals surface area contributed by atoms with E-state index >= 15 is 0 Å². The third kappa shape index (κ3) is 2.09. The summed E-state index contributed by atoms with van der Waals surface area (Å²) >= 11 is 6.07. The number of hydrogen-bond acceptors (Lipinski definition) is 3. The smallest absolute Gasteiger partial charge is 0.238 e. The van der Waals surface area contributed by atoms with Gasteiger partial charge in [-0.25, -0.2) is 4.90 Å². The molecule has 1 saturated heterocycles. The van der Waals surface area contributed by atoms with E-state index in [1.165, 1.54) is 4.90 Å². The van der Waals surface area contributed by atoms with Crippen molar-refractivity contribution in [3.05, 3.63) is 47.1 Å². The molecule has 4 nitrogen and oxygen atoms in total. The summed E-state index contributed by atoms with van der Waals surface area (Å²) in [6, 6.07) is 7.53. The van der Waals surface area contributed by atoms with Gasteiger partial charge in [0, 0.05) is 16.6 Å². The Morgan fingerprint density at radius 3 is 2.78 bits per heavy atom. The average molecular weight is 327 g/mol. The number of aryl methyl sites for hydroxylation is 1. The van der Waals surface area contributed by atoms with Crippen LogP contribution in [0.15, 0.2) is 41.6 Å². The largest absolute Gasteiger partial charge is 0.274 e. The lowest BCUT2D eigenvalue weighted by molar-refractivity contribution is -0.122. The average Bonchev–Trinajstić information content (AvgIpc) is 2.78. The van der Waals surface area contributed by atoms with Gasteiger partial charge in [0.15, 0.2) is 0 Å². The summed E-state index contributed by atoms with van der Waals surface area (Å²) in [6.07, 6.45) is 4.53. The molecule has 0 N–H and O–H groups in total. The number of amides is 2. The zero-order valence-corrected chi connectivity index (χ0v) is 13.4. The summed E-state index contributed by atoms with van der Waals surface area (Å²) in [5.41, 5.74) is 2.33. The van der Waals surface area contributed by atoms with Crippen LogP contribution in [0.4, 0.5) is 5.69 Å². The first kappa shape index (κ1) is 14.4. The number of anilines is 1. The number of carbonyl (C=O) groups excluding carboxylic acids is 2. The predicted octanol–water partition coefficient (Wildman–Crippen LogP) is 3.57.